The van der Waals surface area contributed by atoms with E-state index >= 15 is 19.2 Å². The average Bonchev–Trinajstić information content (AvgIpc) is 0.782. The maximum atomic E-state index is 16.0. The van der Waals surface area contributed by atoms with Gasteiger partial charge < -0.3 is 58.1 Å². The van der Waals surface area contributed by atoms with Crippen molar-refractivity contribution < 1.29 is 76.0 Å². The minimum atomic E-state index is -1.78. The Hall–Kier alpha value is -12.5. The summed E-state index contributed by atoms with van der Waals surface area (Å²) >= 11 is 3.98. The lowest BCUT2D eigenvalue weighted by Crippen LogP contribution is -2.71. The fraction of sp³-hybridized carbons (Fsp3) is 0.191. The maximum Gasteiger partial charge on any atom is 0.373 e. The normalized spacial score (nSPS) is 14.2. The molecule has 3 atom stereocenters. The average molecular weight is 1630 g/mol. The van der Waals surface area contributed by atoms with Crippen LogP contribution in [0.4, 0.5) is 5.13 Å². The molecule has 0 saturated carbocycles. The van der Waals surface area contributed by atoms with E-state index in [1.807, 2.05) is 285 Å². The zero-order valence-electron chi connectivity index (χ0n) is 64.6. The van der Waals surface area contributed by atoms with Crippen molar-refractivity contribution in [2.75, 3.05) is 71.1 Å². The van der Waals surface area contributed by atoms with Gasteiger partial charge in [-0.25, -0.2) is 19.4 Å². The van der Waals surface area contributed by atoms with Crippen LogP contribution in [0.1, 0.15) is 85.7 Å². The molecule has 4 heterocycles. The Bertz CT molecular complexity index is 5130. The third-order valence-corrected chi connectivity index (χ3v) is 22.7. The first-order chi connectivity index (χ1) is 58.0. The SMILES string of the molecule is COCCOCOc1ccc(C(ON=C(C(=O)NC2C(=O)N3C(C(=O)OC(c4ccccc4)c4ccccc4)=C(CSc4cc[n+](CC(=O)OC(c5ccccc5)c5ccccc5)cc4)CS[C@H]23)c2csc(NC(c3ccccc3)(c3ccccc3)c3ccccc3)n2)C(=O)OC(c2ccccc2)c2ccccc2)cc1OCOCCOC. The fourth-order valence-corrected chi connectivity index (χ4v) is 16.8. The molecule has 0 bridgehead atoms. The predicted octanol–water partition coefficient (Wildman–Crippen LogP) is 15.7. The molecule has 2 aliphatic heterocycles. The first-order valence-electron chi connectivity index (χ1n) is 38.2. The van der Waals surface area contributed by atoms with E-state index in [2.05, 4.69) is 15.8 Å². The molecule has 12 aromatic rings. The van der Waals surface area contributed by atoms with E-state index in [1.165, 1.54) is 45.8 Å². The minimum absolute atomic E-state index is 0.0107. The van der Waals surface area contributed by atoms with Crippen molar-refractivity contribution >= 4 is 75.4 Å². The van der Waals surface area contributed by atoms with Crippen LogP contribution in [-0.2, 0) is 74.1 Å². The highest BCUT2D eigenvalue weighted by molar-refractivity contribution is 8.01. The summed E-state index contributed by atoms with van der Waals surface area (Å²) in [6.45, 7) is 0.478. The van der Waals surface area contributed by atoms with Gasteiger partial charge in [0, 0.05) is 53.7 Å². The Balaban J connectivity index is 0.815. The lowest BCUT2D eigenvalue weighted by molar-refractivity contribution is -0.686. The second-order valence-electron chi connectivity index (χ2n) is 27.2. The Morgan fingerprint density at radius 1 is 0.542 bits per heavy atom. The fourth-order valence-electron chi connectivity index (χ4n) is 13.7. The molecule has 1 fully saturated rings. The van der Waals surface area contributed by atoms with E-state index < -0.39 is 76.8 Å². The maximum absolute atomic E-state index is 16.0. The second kappa shape index (κ2) is 40.9. The van der Waals surface area contributed by atoms with Crippen molar-refractivity contribution in [2.45, 2.75) is 52.8 Å². The molecule has 14 rings (SSSR count). The summed E-state index contributed by atoms with van der Waals surface area (Å²) in [5.41, 5.74) is 6.21. The molecule has 2 aliphatic rings. The largest absolute Gasteiger partial charge is 0.464 e. The molecule has 10 aromatic carbocycles. The zero-order chi connectivity index (χ0) is 81.3. The number of amides is 2. The van der Waals surface area contributed by atoms with Crippen molar-refractivity contribution in [3.8, 4) is 11.5 Å². The topological polar surface area (TPSA) is 234 Å². The van der Waals surface area contributed by atoms with Crippen LogP contribution in [0.3, 0.4) is 0 Å². The van der Waals surface area contributed by atoms with Crippen LogP contribution in [-0.4, -0.2) is 122 Å². The molecular weight excluding hydrogens is 1550 g/mol. The highest BCUT2D eigenvalue weighted by Gasteiger charge is 2.55. The lowest BCUT2D eigenvalue weighted by Gasteiger charge is -2.49. The Kier molecular flexibility index (Phi) is 28.4. The van der Waals surface area contributed by atoms with Crippen molar-refractivity contribution in [1.29, 1.82) is 0 Å². The number of rotatable bonds is 39. The Labute approximate surface area is 696 Å². The van der Waals surface area contributed by atoms with Gasteiger partial charge >= 0.3 is 17.9 Å². The number of carbonyl (C=O) groups excluding carboxylic acids is 5. The van der Waals surface area contributed by atoms with E-state index in [0.717, 1.165) is 32.7 Å². The summed E-state index contributed by atoms with van der Waals surface area (Å²) in [7, 11) is 3.11. The summed E-state index contributed by atoms with van der Waals surface area (Å²) in [6.07, 6.45) is -0.687. The van der Waals surface area contributed by atoms with Crippen molar-refractivity contribution in [2.24, 2.45) is 5.16 Å². The molecule has 1 saturated heterocycles. The van der Waals surface area contributed by atoms with Crippen LogP contribution >= 0.6 is 34.9 Å². The summed E-state index contributed by atoms with van der Waals surface area (Å²) in [5, 5.41) is 12.6. The Morgan fingerprint density at radius 3 is 1.47 bits per heavy atom. The summed E-state index contributed by atoms with van der Waals surface area (Å²) in [4.78, 5) is 90.4. The number of β-lactam (4-membered cyclic amide) rings is 1. The highest BCUT2D eigenvalue weighted by atomic mass is 32.2. The van der Waals surface area contributed by atoms with Crippen LogP contribution in [0.25, 0.3) is 0 Å². The molecule has 0 spiro atoms. The third kappa shape index (κ3) is 20.3. The molecule has 24 heteroatoms. The number of oxime groups is 1. The third-order valence-electron chi connectivity index (χ3n) is 19.5. The van der Waals surface area contributed by atoms with Gasteiger partial charge in [0.1, 0.15) is 28.3 Å². The quantitative estimate of drug-likeness (QED) is 0.00348. The number of aromatic nitrogens is 2. The van der Waals surface area contributed by atoms with Crippen LogP contribution in [0.15, 0.2) is 342 Å². The van der Waals surface area contributed by atoms with Gasteiger partial charge in [-0.1, -0.05) is 284 Å². The van der Waals surface area contributed by atoms with Gasteiger partial charge in [0.25, 0.3) is 11.8 Å². The van der Waals surface area contributed by atoms with Gasteiger partial charge in [0.05, 0.1) is 26.4 Å². The van der Waals surface area contributed by atoms with E-state index in [-0.39, 0.29) is 79.9 Å². The number of ether oxygens (including phenoxy) is 9. The molecule has 21 nitrogen and oxygen atoms in total. The molecule has 2 unspecified atom stereocenters. The van der Waals surface area contributed by atoms with Gasteiger partial charge in [-0.05, 0) is 67.8 Å². The number of carbonyl (C=O) groups is 5. The summed E-state index contributed by atoms with van der Waals surface area (Å²) in [6, 6.07) is 93.2. The van der Waals surface area contributed by atoms with Crippen molar-refractivity contribution in [3.63, 3.8) is 0 Å². The standard InChI is InChI=1S/C94H84N6O15S3/c1-106-54-56-108-63-110-78-49-48-71(58-79(78)111-64-109-57-55-107-2)87(92(105)114-86(69-38-20-7-21-39-69)70-40-22-8-23-41-70)115-98-81(77-62-118-93(95-77)97-94(73-42-24-9-25-43-73,74-44-26-10-27-45-74)75-46-28-11-29-47-75)88(102)96-82-89(103)100-83(91(104)113-85(67-34-16-5-17-35-67)68-36-18-6-19-37-68)72(61-117-90(82)100)60-116-76-50-52-99(53-51-76)59-80(101)112-84(65-30-12-3-13-31-65)66-32-14-4-15-33-66/h3-53,58,62,82,84-87,90H,54-57,59-61,63-64H2,1-2H3,(H-,95,96,97,102)/p+1/t82?,87?,90-/m1/s1. The van der Waals surface area contributed by atoms with Crippen molar-refractivity contribution in [1.82, 2.24) is 15.2 Å². The molecule has 598 valence electrons. The number of thioether (sulfide) groups is 2. The van der Waals surface area contributed by atoms with Crippen LogP contribution in [0, 0.1) is 0 Å². The number of esters is 3. The number of nitrogens with zero attached hydrogens (tertiary/aromatic N) is 4. The smallest absolute Gasteiger partial charge is 0.373 e. The molecule has 2 aromatic heterocycles. The minimum Gasteiger partial charge on any atom is -0.464 e. The van der Waals surface area contributed by atoms with Gasteiger partial charge in [0.2, 0.25) is 12.6 Å². The molecule has 0 radical (unpaired) electrons. The number of hydrogen-bond acceptors (Lipinski definition) is 21. The predicted molar refractivity (Wildman–Crippen MR) is 450 cm³/mol. The van der Waals surface area contributed by atoms with Gasteiger partial charge in [0.15, 0.2) is 66.6 Å². The number of anilines is 1. The number of nitrogens with one attached hydrogen (secondary N) is 2. The van der Waals surface area contributed by atoms with Gasteiger partial charge in [-0.3, -0.25) is 14.5 Å². The highest BCUT2D eigenvalue weighted by Crippen LogP contribution is 2.45. The molecule has 118 heavy (non-hydrogen) atoms. The second-order valence-corrected chi connectivity index (χ2v) is 30.2. The van der Waals surface area contributed by atoms with Crippen molar-refractivity contribution in [3.05, 3.63) is 394 Å². The zero-order valence-corrected chi connectivity index (χ0v) is 67.0. The van der Waals surface area contributed by atoms with Crippen LogP contribution in [0.2, 0.25) is 0 Å². The molecular formula is C94H85N6O15S3+. The van der Waals surface area contributed by atoms with E-state index in [4.69, 9.17) is 52.5 Å². The monoisotopic (exact) mass is 1630 g/mol. The molecule has 2 N–H and O–H groups in total. The van der Waals surface area contributed by atoms with Crippen LogP contribution in [0.5, 0.6) is 11.5 Å². The molecule has 2 amide bonds. The number of methoxy groups -OCH3 is 2. The first-order valence-corrected chi connectivity index (χ1v) is 41.1. The number of benzene rings is 10. The molecule has 0 aliphatic carbocycles. The van der Waals surface area contributed by atoms with Crippen LogP contribution < -0.4 is 24.7 Å². The summed E-state index contributed by atoms with van der Waals surface area (Å²) < 4.78 is 55.2. The Morgan fingerprint density at radius 2 is 0.992 bits per heavy atom. The van der Waals surface area contributed by atoms with E-state index in [1.54, 1.807) is 48.7 Å². The number of hydrogen-bond donors (Lipinski definition) is 2. The lowest BCUT2D eigenvalue weighted by atomic mass is 9.77. The van der Waals surface area contributed by atoms with Gasteiger partial charge in [-0.15, -0.1) is 34.9 Å². The number of thiazole rings is 1. The van der Waals surface area contributed by atoms with Gasteiger partial charge in [-0.2, -0.15) is 4.57 Å². The number of fused-ring (bicyclic) bond motifs is 1. The number of pyridine rings is 1. The van der Waals surface area contributed by atoms with E-state index in [0.29, 0.717) is 39.6 Å². The van der Waals surface area contributed by atoms with E-state index in [9.17, 15) is 4.79 Å². The summed E-state index contributed by atoms with van der Waals surface area (Å²) in [5.74, 6) is -2.89. The first kappa shape index (κ1) is 82.0.